The van der Waals surface area contributed by atoms with Crippen molar-refractivity contribution >= 4 is 40.4 Å². The second-order valence-electron chi connectivity index (χ2n) is 16.8. The number of carbonyl (C=O) groups is 1. The maximum atomic E-state index is 13.0. The topological polar surface area (TPSA) is 143 Å². The number of anilines is 1. The zero-order chi connectivity index (χ0) is 41.5. The highest BCUT2D eigenvalue weighted by atomic mass is 35.5. The predicted molar refractivity (Wildman–Crippen MR) is 233 cm³/mol. The lowest BCUT2D eigenvalue weighted by atomic mass is 9.78. The van der Waals surface area contributed by atoms with Crippen molar-refractivity contribution in [3.63, 3.8) is 0 Å². The first-order valence-corrected chi connectivity index (χ1v) is 22.4. The van der Waals surface area contributed by atoms with Crippen molar-refractivity contribution in [1.29, 1.82) is 5.26 Å². The molecule has 5 aromatic rings. The summed E-state index contributed by atoms with van der Waals surface area (Å²) < 4.78 is 14.9. The van der Waals surface area contributed by atoms with Gasteiger partial charge in [0, 0.05) is 41.2 Å². The quantitative estimate of drug-likeness (QED) is 0.146. The van der Waals surface area contributed by atoms with Crippen molar-refractivity contribution < 1.29 is 14.3 Å². The van der Waals surface area contributed by atoms with E-state index in [1.807, 2.05) is 13.0 Å². The van der Waals surface area contributed by atoms with Crippen LogP contribution in [-0.2, 0) is 11.2 Å². The van der Waals surface area contributed by atoms with Crippen LogP contribution in [0, 0.1) is 38.0 Å². The van der Waals surface area contributed by atoms with Gasteiger partial charge in [0.25, 0.3) is 5.91 Å². The highest BCUT2D eigenvalue weighted by Gasteiger charge is 2.34. The van der Waals surface area contributed by atoms with Crippen molar-refractivity contribution in [2.24, 2.45) is 10.9 Å². The number of hydrogen-bond acceptors (Lipinski definition) is 11. The Morgan fingerprint density at radius 2 is 1.68 bits per heavy atom. The number of rotatable bonds is 10. The Morgan fingerprint density at radius 1 is 0.917 bits per heavy atom. The first-order chi connectivity index (χ1) is 29.1. The number of aryl methyl sites for hydroxylation is 2. The molecule has 60 heavy (non-hydrogen) atoms. The molecule has 0 spiro atoms. The monoisotopic (exact) mass is 843 g/mol. The van der Waals surface area contributed by atoms with Gasteiger partial charge in [0.15, 0.2) is 17.3 Å². The van der Waals surface area contributed by atoms with Gasteiger partial charge < -0.3 is 19.7 Å². The number of benzene rings is 2. The number of aliphatic imine (C=N–C) groups is 1. The van der Waals surface area contributed by atoms with Crippen LogP contribution in [0.2, 0.25) is 5.02 Å². The SMILES string of the molecule is Cc1sc2c(c1C)C(c1ccc(CC3CC(OC4CCN(c5ccc(C(=O)NC6CCC(Oc7ccc(C#N)c(Cl)c7)CC6)nn5)CC4)C3)cc1)=NC(C)c1nnc(C)n1-2. The molecule has 4 aliphatic rings. The summed E-state index contributed by atoms with van der Waals surface area (Å²) in [4.78, 5) is 21.8. The van der Waals surface area contributed by atoms with Crippen molar-refractivity contribution in [2.75, 3.05) is 18.0 Å². The Kier molecular flexibility index (Phi) is 11.5. The number of nitriles is 1. The van der Waals surface area contributed by atoms with Gasteiger partial charge in [0.2, 0.25) is 0 Å². The zero-order valence-electron chi connectivity index (χ0n) is 34.5. The number of amides is 1. The van der Waals surface area contributed by atoms with Crippen molar-refractivity contribution in [2.45, 2.75) is 116 Å². The maximum absolute atomic E-state index is 13.0. The van der Waals surface area contributed by atoms with E-state index in [0.717, 1.165) is 105 Å². The van der Waals surface area contributed by atoms with Crippen molar-refractivity contribution in [3.8, 4) is 16.8 Å². The average Bonchev–Trinajstić information content (AvgIpc) is 3.73. The second kappa shape index (κ2) is 17.1. The number of aromatic nitrogens is 5. The molecule has 2 saturated carbocycles. The van der Waals surface area contributed by atoms with E-state index in [1.165, 1.54) is 21.6 Å². The van der Waals surface area contributed by atoms with Gasteiger partial charge in [0.1, 0.15) is 28.7 Å². The number of piperidine rings is 1. The van der Waals surface area contributed by atoms with E-state index in [1.54, 1.807) is 35.6 Å². The summed E-state index contributed by atoms with van der Waals surface area (Å²) in [5.41, 5.74) is 6.76. The number of ether oxygens (including phenoxy) is 2. The summed E-state index contributed by atoms with van der Waals surface area (Å²) in [6, 6.07) is 19.9. The highest BCUT2D eigenvalue weighted by Crippen LogP contribution is 2.39. The predicted octanol–water partition coefficient (Wildman–Crippen LogP) is 8.61. The van der Waals surface area contributed by atoms with Gasteiger partial charge in [-0.25, -0.2) is 0 Å². The molecule has 310 valence electrons. The Morgan fingerprint density at radius 3 is 2.38 bits per heavy atom. The average molecular weight is 844 g/mol. The van der Waals surface area contributed by atoms with Crippen LogP contribution in [0.3, 0.4) is 0 Å². The van der Waals surface area contributed by atoms with Gasteiger partial charge in [-0.1, -0.05) is 35.9 Å². The number of nitrogens with zero attached hydrogens (tertiary/aromatic N) is 8. The molecule has 0 radical (unpaired) electrons. The molecule has 1 saturated heterocycles. The molecule has 5 heterocycles. The van der Waals surface area contributed by atoms with Crippen LogP contribution in [-0.4, -0.2) is 74.0 Å². The van der Waals surface area contributed by atoms with E-state index in [2.05, 4.69) is 86.3 Å². The molecule has 2 aliphatic carbocycles. The molecule has 1 atom stereocenters. The summed E-state index contributed by atoms with van der Waals surface area (Å²) >= 11 is 7.95. The molecule has 0 bridgehead atoms. The Hall–Kier alpha value is -5.16. The third-order valence-corrected chi connectivity index (χ3v) is 14.2. The van der Waals surface area contributed by atoms with Crippen molar-refractivity contribution in [1.82, 2.24) is 30.3 Å². The van der Waals surface area contributed by atoms with Crippen LogP contribution in [0.5, 0.6) is 5.75 Å². The van der Waals surface area contributed by atoms with E-state index in [9.17, 15) is 4.79 Å². The molecule has 2 aliphatic heterocycles. The molecule has 3 aromatic heterocycles. The van der Waals surface area contributed by atoms with Gasteiger partial charge in [-0.05, 0) is 127 Å². The molecule has 14 heteroatoms. The smallest absolute Gasteiger partial charge is 0.272 e. The molecule has 1 unspecified atom stereocenters. The fourth-order valence-corrected chi connectivity index (χ4v) is 10.5. The van der Waals surface area contributed by atoms with Crippen LogP contribution in [0.15, 0.2) is 59.6 Å². The number of fused-ring (bicyclic) bond motifs is 3. The molecule has 9 rings (SSSR count). The minimum absolute atomic E-state index is 0.0372. The van der Waals surface area contributed by atoms with Crippen LogP contribution >= 0.6 is 22.9 Å². The van der Waals surface area contributed by atoms with Crippen LogP contribution < -0.4 is 15.0 Å². The molecule has 2 aromatic carbocycles. The third kappa shape index (κ3) is 8.29. The van der Waals surface area contributed by atoms with Gasteiger partial charge in [0.05, 0.1) is 34.6 Å². The molecular weight excluding hydrogens is 794 g/mol. The maximum Gasteiger partial charge on any atom is 0.272 e. The lowest BCUT2D eigenvalue weighted by molar-refractivity contribution is -0.0824. The van der Waals surface area contributed by atoms with E-state index < -0.39 is 0 Å². The number of carbonyl (C=O) groups excluding carboxylic acids is 1. The molecule has 12 nitrogen and oxygen atoms in total. The minimum atomic E-state index is -0.204. The highest BCUT2D eigenvalue weighted by molar-refractivity contribution is 7.15. The van der Waals surface area contributed by atoms with Crippen LogP contribution in [0.25, 0.3) is 5.00 Å². The molecule has 1 N–H and O–H groups in total. The first kappa shape index (κ1) is 40.3. The van der Waals surface area contributed by atoms with Crippen LogP contribution in [0.4, 0.5) is 5.82 Å². The first-order valence-electron chi connectivity index (χ1n) is 21.2. The molecular formula is C46H50ClN9O3S. The van der Waals surface area contributed by atoms with Gasteiger partial charge in [-0.3, -0.25) is 14.4 Å². The van der Waals surface area contributed by atoms with Gasteiger partial charge in [-0.15, -0.1) is 31.7 Å². The molecule has 1 amide bonds. The standard InChI is InChI=1S/C46H50ClN9O3S/c1-26-28(3)60-46-42(26)43(49-27(2)44-54-51-29(4)56(44)46)32-7-5-30(6-8-32)21-31-22-38(23-31)59-36-17-19-55(20-18-36)41-16-15-40(52-53-41)45(57)50-34-10-13-35(14-11-34)58-37-12-9-33(25-48)39(47)24-37/h5-9,12,15-16,24,27,31,34-36,38H,10-11,13-14,17-23H2,1-4H3,(H,50,57). The summed E-state index contributed by atoms with van der Waals surface area (Å²) in [7, 11) is 0. The normalized spacial score (nSPS) is 22.8. The summed E-state index contributed by atoms with van der Waals surface area (Å²) in [6.45, 7) is 10.2. The van der Waals surface area contributed by atoms with E-state index >= 15 is 0 Å². The largest absolute Gasteiger partial charge is 0.490 e. The number of hydrogen-bond donors (Lipinski definition) is 1. The zero-order valence-corrected chi connectivity index (χ0v) is 36.1. The van der Waals surface area contributed by atoms with E-state index in [-0.39, 0.29) is 30.2 Å². The number of halogens is 1. The summed E-state index contributed by atoms with van der Waals surface area (Å²) in [5, 5.41) is 31.4. The lowest BCUT2D eigenvalue weighted by Gasteiger charge is -2.40. The fourth-order valence-electron chi connectivity index (χ4n) is 9.11. The summed E-state index contributed by atoms with van der Waals surface area (Å²) in [5.74, 6) is 3.66. The Balaban J connectivity index is 0.700. The number of nitrogens with one attached hydrogen (secondary N) is 1. The second-order valence-corrected chi connectivity index (χ2v) is 18.4. The fraction of sp³-hybridized carbons (Fsp3) is 0.457. The van der Waals surface area contributed by atoms with Crippen molar-refractivity contribution in [3.05, 3.63) is 110 Å². The molecule has 3 fully saturated rings. The Bertz CT molecular complexity index is 2440. The third-order valence-electron chi connectivity index (χ3n) is 12.7. The Labute approximate surface area is 360 Å². The summed E-state index contributed by atoms with van der Waals surface area (Å²) in [6.07, 6.45) is 8.98. The van der Waals surface area contributed by atoms with Gasteiger partial charge >= 0.3 is 0 Å². The lowest BCUT2D eigenvalue weighted by Crippen LogP contribution is -2.42. The van der Waals surface area contributed by atoms with E-state index in [4.69, 9.17) is 31.3 Å². The number of thiophene rings is 1. The van der Waals surface area contributed by atoms with Crippen LogP contribution in [0.1, 0.15) is 119 Å². The van der Waals surface area contributed by atoms with Gasteiger partial charge in [-0.2, -0.15) is 5.26 Å². The van der Waals surface area contributed by atoms with E-state index in [0.29, 0.717) is 34.1 Å². The minimum Gasteiger partial charge on any atom is -0.490 e.